The second-order valence-corrected chi connectivity index (χ2v) is 5.86. The van der Waals surface area contributed by atoms with Crippen molar-refractivity contribution in [3.05, 3.63) is 48.0 Å². The fraction of sp³-hybridized carbons (Fsp3) is 0.500. The van der Waals surface area contributed by atoms with Crippen LogP contribution < -0.4 is 0 Å². The molecule has 0 heterocycles. The number of hydrogen-bond acceptors (Lipinski definition) is 0. The summed E-state index contributed by atoms with van der Waals surface area (Å²) in [7, 11) is 0. The van der Waals surface area contributed by atoms with Gasteiger partial charge in [0, 0.05) is 0 Å². The molecule has 0 atom stereocenters. The van der Waals surface area contributed by atoms with Gasteiger partial charge >= 0.3 is 0 Å². The average Bonchev–Trinajstić information content (AvgIpc) is 2.50. The second kappa shape index (κ2) is 10.7. The van der Waals surface area contributed by atoms with Crippen molar-refractivity contribution < 1.29 is 0 Å². The van der Waals surface area contributed by atoms with E-state index in [-0.39, 0.29) is 13.5 Å². The van der Waals surface area contributed by atoms with Crippen LogP contribution in [0.15, 0.2) is 42.5 Å². The Morgan fingerprint density at radius 2 is 1.29 bits per heavy atom. The molecule has 0 spiro atoms. The van der Waals surface area contributed by atoms with Crippen molar-refractivity contribution in [2.45, 2.75) is 64.7 Å². The predicted molar refractivity (Wildman–Crippen MR) is 101 cm³/mol. The molecule has 0 fully saturated rings. The quantitative estimate of drug-likeness (QED) is 0.456. The molecule has 0 saturated carbocycles. The van der Waals surface area contributed by atoms with Crippen LogP contribution in [-0.4, -0.2) is 0 Å². The van der Waals surface area contributed by atoms with Crippen LogP contribution in [0.3, 0.4) is 0 Å². The molecule has 0 aromatic heterocycles. The number of benzene rings is 2. The van der Waals surface area contributed by atoms with E-state index < -0.39 is 0 Å². The van der Waals surface area contributed by atoms with Crippen LogP contribution in [0.2, 0.25) is 0 Å². The third-order valence-electron chi connectivity index (χ3n) is 4.18. The van der Waals surface area contributed by atoms with Gasteiger partial charge in [-0.25, -0.2) is 0 Å². The lowest BCUT2D eigenvalue weighted by atomic mass is 9.99. The first-order valence-corrected chi connectivity index (χ1v) is 8.38. The summed E-state index contributed by atoms with van der Waals surface area (Å²) in [5.41, 5.74) is 1.52. The molecule has 2 rings (SSSR count). The van der Waals surface area contributed by atoms with E-state index >= 15 is 0 Å². The standard InChI is InChI=1S/C20H28.H2S/c1-2-3-4-5-6-7-8-9-13-18-15-12-16-19-14-10-11-17-20(18)19;/h10-12,14-17H,2-9,13H2,1H3;1H2. The summed E-state index contributed by atoms with van der Waals surface area (Å²) >= 11 is 0. The Labute approximate surface area is 137 Å². The van der Waals surface area contributed by atoms with Gasteiger partial charge in [-0.05, 0) is 29.2 Å². The summed E-state index contributed by atoms with van der Waals surface area (Å²) in [6, 6.07) is 15.5. The first-order chi connectivity index (χ1) is 9.92. The molecule has 0 aliphatic rings. The maximum absolute atomic E-state index is 2.30. The minimum atomic E-state index is 0. The maximum Gasteiger partial charge on any atom is -0.0152 e. The average molecular weight is 303 g/mol. The molecule has 21 heavy (non-hydrogen) atoms. The van der Waals surface area contributed by atoms with Crippen LogP contribution in [0.5, 0.6) is 0 Å². The Morgan fingerprint density at radius 3 is 2.05 bits per heavy atom. The highest BCUT2D eigenvalue weighted by Gasteiger charge is 2.00. The zero-order valence-electron chi connectivity index (χ0n) is 13.4. The summed E-state index contributed by atoms with van der Waals surface area (Å²) < 4.78 is 0. The Morgan fingerprint density at radius 1 is 0.667 bits per heavy atom. The van der Waals surface area contributed by atoms with E-state index in [9.17, 15) is 0 Å². The summed E-state index contributed by atoms with van der Waals surface area (Å²) in [6.45, 7) is 2.28. The predicted octanol–water partition coefficient (Wildman–Crippen LogP) is 6.64. The third-order valence-corrected chi connectivity index (χ3v) is 4.18. The Kier molecular flexibility index (Phi) is 9.25. The highest BCUT2D eigenvalue weighted by atomic mass is 32.1. The topological polar surface area (TPSA) is 0 Å². The number of hydrogen-bond donors (Lipinski definition) is 0. The van der Waals surface area contributed by atoms with Gasteiger partial charge in [-0.2, -0.15) is 13.5 Å². The van der Waals surface area contributed by atoms with E-state index in [1.807, 2.05) is 0 Å². The fourth-order valence-electron chi connectivity index (χ4n) is 2.96. The summed E-state index contributed by atoms with van der Waals surface area (Å²) in [6.07, 6.45) is 12.4. The molecule has 0 saturated heterocycles. The fourth-order valence-corrected chi connectivity index (χ4v) is 2.96. The minimum absolute atomic E-state index is 0. The zero-order valence-corrected chi connectivity index (χ0v) is 14.4. The highest BCUT2D eigenvalue weighted by molar-refractivity contribution is 7.59. The molecule has 0 nitrogen and oxygen atoms in total. The molecule has 0 amide bonds. The van der Waals surface area contributed by atoms with Gasteiger partial charge in [0.25, 0.3) is 0 Å². The van der Waals surface area contributed by atoms with Crippen molar-refractivity contribution in [1.29, 1.82) is 0 Å². The zero-order chi connectivity index (χ0) is 14.0. The molecule has 2 aromatic carbocycles. The summed E-state index contributed by atoms with van der Waals surface area (Å²) in [5, 5.41) is 2.82. The Hall–Kier alpha value is -0.950. The lowest BCUT2D eigenvalue weighted by Gasteiger charge is -2.06. The van der Waals surface area contributed by atoms with Crippen molar-refractivity contribution >= 4 is 24.3 Å². The first-order valence-electron chi connectivity index (χ1n) is 8.38. The Bertz CT molecular complexity index is 499. The lowest BCUT2D eigenvalue weighted by Crippen LogP contribution is -1.88. The number of unbranched alkanes of at least 4 members (excludes halogenated alkanes) is 7. The smallest absolute Gasteiger partial charge is 0.0152 e. The molecule has 0 N–H and O–H groups in total. The largest absolute Gasteiger partial charge is 0.197 e. The Balaban J connectivity index is 0.00000220. The molecule has 0 unspecified atom stereocenters. The van der Waals surface area contributed by atoms with Gasteiger partial charge in [0.2, 0.25) is 0 Å². The normalized spacial score (nSPS) is 10.5. The minimum Gasteiger partial charge on any atom is -0.197 e. The maximum atomic E-state index is 2.30. The van der Waals surface area contributed by atoms with Crippen molar-refractivity contribution in [3.8, 4) is 0 Å². The lowest BCUT2D eigenvalue weighted by molar-refractivity contribution is 0.576. The van der Waals surface area contributed by atoms with Crippen LogP contribution in [-0.2, 0) is 6.42 Å². The van der Waals surface area contributed by atoms with E-state index in [4.69, 9.17) is 0 Å². The monoisotopic (exact) mass is 302 g/mol. The highest BCUT2D eigenvalue weighted by Crippen LogP contribution is 2.20. The SMILES string of the molecule is CCCCCCCCCCc1cccc2ccccc12.S. The van der Waals surface area contributed by atoms with Gasteiger partial charge < -0.3 is 0 Å². The van der Waals surface area contributed by atoms with Gasteiger partial charge in [-0.1, -0.05) is 94.3 Å². The van der Waals surface area contributed by atoms with E-state index in [0.29, 0.717) is 0 Å². The van der Waals surface area contributed by atoms with Crippen LogP contribution in [0.25, 0.3) is 10.8 Å². The van der Waals surface area contributed by atoms with Crippen molar-refractivity contribution in [2.24, 2.45) is 0 Å². The molecule has 2 aromatic rings. The number of rotatable bonds is 9. The molecule has 116 valence electrons. The second-order valence-electron chi connectivity index (χ2n) is 5.86. The number of fused-ring (bicyclic) bond motifs is 1. The molecule has 1 heteroatoms. The summed E-state index contributed by atoms with van der Waals surface area (Å²) in [5.74, 6) is 0. The van der Waals surface area contributed by atoms with Gasteiger partial charge in [0.15, 0.2) is 0 Å². The van der Waals surface area contributed by atoms with Crippen LogP contribution in [0, 0.1) is 0 Å². The van der Waals surface area contributed by atoms with Crippen molar-refractivity contribution in [3.63, 3.8) is 0 Å². The summed E-state index contributed by atoms with van der Waals surface area (Å²) in [4.78, 5) is 0. The molecular weight excluding hydrogens is 272 g/mol. The van der Waals surface area contributed by atoms with Crippen LogP contribution >= 0.6 is 13.5 Å². The molecule has 0 aliphatic carbocycles. The first kappa shape index (κ1) is 18.1. The molecule has 0 bridgehead atoms. The van der Waals surface area contributed by atoms with Crippen LogP contribution in [0.1, 0.15) is 63.9 Å². The van der Waals surface area contributed by atoms with Crippen molar-refractivity contribution in [2.75, 3.05) is 0 Å². The van der Waals surface area contributed by atoms with E-state index in [1.54, 1.807) is 0 Å². The van der Waals surface area contributed by atoms with Gasteiger partial charge in [0.1, 0.15) is 0 Å². The van der Waals surface area contributed by atoms with E-state index in [2.05, 4.69) is 49.4 Å². The van der Waals surface area contributed by atoms with Gasteiger partial charge in [-0.15, -0.1) is 0 Å². The third kappa shape index (κ3) is 6.13. The molecule has 0 radical (unpaired) electrons. The van der Waals surface area contributed by atoms with Gasteiger partial charge in [0.05, 0.1) is 0 Å². The van der Waals surface area contributed by atoms with E-state index in [1.165, 1.54) is 74.1 Å². The number of aryl methyl sites for hydroxylation is 1. The van der Waals surface area contributed by atoms with Crippen molar-refractivity contribution in [1.82, 2.24) is 0 Å². The van der Waals surface area contributed by atoms with Crippen LogP contribution in [0.4, 0.5) is 0 Å². The molecular formula is C20H30S. The van der Waals surface area contributed by atoms with Gasteiger partial charge in [-0.3, -0.25) is 0 Å². The van der Waals surface area contributed by atoms with E-state index in [0.717, 1.165) is 0 Å². The molecule has 0 aliphatic heterocycles.